The van der Waals surface area contributed by atoms with E-state index < -0.39 is 0 Å². The van der Waals surface area contributed by atoms with Gasteiger partial charge in [0.05, 0.1) is 0 Å². The summed E-state index contributed by atoms with van der Waals surface area (Å²) in [6, 6.07) is 0. The maximum atomic E-state index is 11.7. The molecule has 94 valence electrons. The average molecular weight is 242 g/mol. The highest BCUT2D eigenvalue weighted by Gasteiger charge is 2.15. The Labute approximate surface area is 108 Å². The first-order valence-corrected chi connectivity index (χ1v) is 6.51. The normalized spacial score (nSPS) is 16.9. The Bertz CT molecular complexity index is 461. The molecule has 0 aliphatic heterocycles. The minimum Gasteiger partial charge on any atom is -0.291 e. The molecule has 0 spiro atoms. The van der Waals surface area contributed by atoms with Crippen molar-refractivity contribution in [2.24, 2.45) is 0 Å². The molecule has 0 fully saturated rings. The van der Waals surface area contributed by atoms with Crippen molar-refractivity contribution in [2.45, 2.75) is 38.5 Å². The van der Waals surface area contributed by atoms with Crippen LogP contribution in [0.5, 0.6) is 0 Å². The van der Waals surface area contributed by atoms with Crippen LogP contribution >= 0.6 is 0 Å². The third-order valence-electron chi connectivity index (χ3n) is 3.30. The molecule has 0 aromatic rings. The van der Waals surface area contributed by atoms with E-state index in [9.17, 15) is 9.59 Å². The van der Waals surface area contributed by atoms with Crippen molar-refractivity contribution in [3.8, 4) is 0 Å². The highest BCUT2D eigenvalue weighted by Crippen LogP contribution is 2.18. The highest BCUT2D eigenvalue weighted by atomic mass is 16.2. The summed E-state index contributed by atoms with van der Waals surface area (Å²) in [6.45, 7) is 0. The zero-order chi connectivity index (χ0) is 12.8. The lowest BCUT2D eigenvalue weighted by molar-refractivity contribution is -0.136. The second-order valence-electron chi connectivity index (χ2n) is 4.79. The van der Waals surface area contributed by atoms with Gasteiger partial charge in [-0.1, -0.05) is 47.6 Å². The van der Waals surface area contributed by atoms with Crippen LogP contribution in [0.2, 0.25) is 0 Å². The van der Waals surface area contributed by atoms with Crippen LogP contribution in [0.3, 0.4) is 0 Å². The van der Waals surface area contributed by atoms with E-state index in [1.165, 1.54) is 5.57 Å². The van der Waals surface area contributed by atoms with Gasteiger partial charge in [0.15, 0.2) is 5.78 Å². The number of carbonyl (C=O) groups excluding carboxylic acids is 2. The van der Waals surface area contributed by atoms with Gasteiger partial charge in [0.1, 0.15) is 0 Å². The van der Waals surface area contributed by atoms with E-state index in [1.54, 1.807) is 0 Å². The molecule has 0 bridgehead atoms. The van der Waals surface area contributed by atoms with Crippen molar-refractivity contribution in [3.63, 3.8) is 0 Å². The van der Waals surface area contributed by atoms with Crippen molar-refractivity contribution < 1.29 is 9.59 Å². The first kappa shape index (κ1) is 12.7. The van der Waals surface area contributed by atoms with Crippen molar-refractivity contribution in [1.29, 1.82) is 0 Å². The largest absolute Gasteiger partial charge is 0.291 e. The Morgan fingerprint density at radius 1 is 0.944 bits per heavy atom. The summed E-state index contributed by atoms with van der Waals surface area (Å²) in [5.74, 6) is -0.446. The van der Waals surface area contributed by atoms with E-state index in [-0.39, 0.29) is 11.6 Å². The van der Waals surface area contributed by atoms with Crippen LogP contribution in [-0.4, -0.2) is 11.6 Å². The highest BCUT2D eigenvalue weighted by molar-refractivity contribution is 6.37. The zero-order valence-corrected chi connectivity index (χ0v) is 10.5. The Hall–Kier alpha value is -1.70. The minimum atomic E-state index is -0.233. The topological polar surface area (TPSA) is 34.1 Å². The van der Waals surface area contributed by atoms with Crippen LogP contribution in [0.4, 0.5) is 0 Å². The molecular formula is C16H18O2. The molecule has 2 heteroatoms. The number of ketones is 2. The smallest absolute Gasteiger partial charge is 0.202 e. The molecular weight excluding hydrogens is 224 g/mol. The van der Waals surface area contributed by atoms with Crippen LogP contribution in [0.15, 0.2) is 47.6 Å². The number of allylic oxidation sites excluding steroid dienone is 8. The number of hydrogen-bond acceptors (Lipinski definition) is 2. The van der Waals surface area contributed by atoms with Gasteiger partial charge in [0.25, 0.3) is 0 Å². The summed E-state index contributed by atoms with van der Waals surface area (Å²) in [5.41, 5.74) is 2.41. The van der Waals surface area contributed by atoms with Gasteiger partial charge in [-0.3, -0.25) is 9.59 Å². The molecule has 0 saturated carbocycles. The lowest BCUT2D eigenvalue weighted by Crippen LogP contribution is -2.14. The third-order valence-corrected chi connectivity index (χ3v) is 3.30. The molecule has 2 aliphatic rings. The molecule has 0 radical (unpaired) electrons. The van der Waals surface area contributed by atoms with Gasteiger partial charge in [0, 0.05) is 12.8 Å². The molecule has 0 saturated heterocycles. The van der Waals surface area contributed by atoms with E-state index in [0.717, 1.165) is 31.3 Å². The van der Waals surface area contributed by atoms with E-state index >= 15 is 0 Å². The van der Waals surface area contributed by atoms with E-state index in [1.807, 2.05) is 24.3 Å². The standard InChI is InChI=1S/C16H18O2/c17-15(11-5-10-13-6-1-2-7-13)16(18)12-14-8-3-4-9-14/h1-4,6,8H,5,7,9-12H2. The summed E-state index contributed by atoms with van der Waals surface area (Å²) >= 11 is 0. The fourth-order valence-electron chi connectivity index (χ4n) is 2.22. The van der Waals surface area contributed by atoms with Gasteiger partial charge in [-0.15, -0.1) is 0 Å². The van der Waals surface area contributed by atoms with Gasteiger partial charge < -0.3 is 0 Å². The summed E-state index contributed by atoms with van der Waals surface area (Å²) < 4.78 is 0. The maximum absolute atomic E-state index is 11.7. The lowest BCUT2D eigenvalue weighted by Gasteiger charge is -2.02. The molecule has 2 aliphatic carbocycles. The fourth-order valence-corrected chi connectivity index (χ4v) is 2.22. The Kier molecular flexibility index (Phi) is 4.46. The van der Waals surface area contributed by atoms with Crippen LogP contribution in [-0.2, 0) is 9.59 Å². The number of hydrogen-bond donors (Lipinski definition) is 0. The SMILES string of the molecule is O=C(CCCC1=CC=CC1)C(=O)CC1=CC=CC1. The van der Waals surface area contributed by atoms with Crippen LogP contribution in [0.1, 0.15) is 38.5 Å². The lowest BCUT2D eigenvalue weighted by atomic mass is 10.0. The van der Waals surface area contributed by atoms with E-state index in [4.69, 9.17) is 0 Å². The molecule has 2 rings (SSSR count). The molecule has 0 heterocycles. The summed E-state index contributed by atoms with van der Waals surface area (Å²) in [7, 11) is 0. The first-order chi connectivity index (χ1) is 8.75. The minimum absolute atomic E-state index is 0.214. The Morgan fingerprint density at radius 2 is 1.61 bits per heavy atom. The van der Waals surface area contributed by atoms with Crippen molar-refractivity contribution >= 4 is 11.6 Å². The molecule has 0 aromatic heterocycles. The van der Waals surface area contributed by atoms with Gasteiger partial charge in [0.2, 0.25) is 5.78 Å². The predicted octanol–water partition coefficient (Wildman–Crippen LogP) is 3.46. The van der Waals surface area contributed by atoms with Crippen LogP contribution in [0.25, 0.3) is 0 Å². The number of Topliss-reactive ketones (excluding diaryl/α,β-unsaturated/α-hetero) is 2. The fraction of sp³-hybridized carbons (Fsp3) is 0.375. The maximum Gasteiger partial charge on any atom is 0.202 e. The number of rotatable bonds is 7. The van der Waals surface area contributed by atoms with Crippen molar-refractivity contribution in [1.82, 2.24) is 0 Å². The van der Waals surface area contributed by atoms with Crippen LogP contribution < -0.4 is 0 Å². The van der Waals surface area contributed by atoms with Gasteiger partial charge in [-0.05, 0) is 25.7 Å². The molecule has 0 amide bonds. The summed E-state index contributed by atoms with van der Waals surface area (Å²) in [4.78, 5) is 23.4. The monoisotopic (exact) mass is 242 g/mol. The van der Waals surface area contributed by atoms with Gasteiger partial charge in [-0.25, -0.2) is 0 Å². The third kappa shape index (κ3) is 3.66. The zero-order valence-electron chi connectivity index (χ0n) is 10.5. The summed E-state index contributed by atoms with van der Waals surface area (Å²) in [6.07, 6.45) is 16.3. The average Bonchev–Trinajstić information content (AvgIpc) is 3.01. The predicted molar refractivity (Wildman–Crippen MR) is 72.2 cm³/mol. The summed E-state index contributed by atoms with van der Waals surface area (Å²) in [5, 5.41) is 0. The van der Waals surface area contributed by atoms with Gasteiger partial charge in [-0.2, -0.15) is 0 Å². The molecule has 0 N–H and O–H groups in total. The molecule has 18 heavy (non-hydrogen) atoms. The van der Waals surface area contributed by atoms with E-state index in [2.05, 4.69) is 12.2 Å². The quantitative estimate of drug-likeness (QED) is 0.641. The Morgan fingerprint density at radius 3 is 2.22 bits per heavy atom. The molecule has 0 unspecified atom stereocenters. The van der Waals surface area contributed by atoms with Gasteiger partial charge >= 0.3 is 0 Å². The Balaban J connectivity index is 1.66. The molecule has 2 nitrogen and oxygen atoms in total. The second kappa shape index (κ2) is 6.29. The molecule has 0 atom stereocenters. The van der Waals surface area contributed by atoms with Crippen LogP contribution in [0, 0.1) is 0 Å². The van der Waals surface area contributed by atoms with E-state index in [0.29, 0.717) is 12.8 Å². The number of carbonyl (C=O) groups is 2. The molecule has 0 aromatic carbocycles. The first-order valence-electron chi connectivity index (χ1n) is 6.51. The van der Waals surface area contributed by atoms with Crippen molar-refractivity contribution in [3.05, 3.63) is 47.6 Å². The second-order valence-corrected chi connectivity index (χ2v) is 4.79. The van der Waals surface area contributed by atoms with Crippen molar-refractivity contribution in [2.75, 3.05) is 0 Å².